The number of benzene rings is 1. The van der Waals surface area contributed by atoms with Gasteiger partial charge in [-0.15, -0.1) is 0 Å². The Morgan fingerprint density at radius 3 is 2.25 bits per heavy atom. The molecule has 0 spiro atoms. The highest BCUT2D eigenvalue weighted by atomic mass is 32.2. The Kier molecular flexibility index (Phi) is 4.18. The molecule has 1 amide bonds. The number of hydrogen-bond acceptors (Lipinski definition) is 4. The van der Waals surface area contributed by atoms with Gasteiger partial charge in [-0.2, -0.15) is 0 Å². The third-order valence-electron chi connectivity index (χ3n) is 3.41. The van der Waals surface area contributed by atoms with Crippen LogP contribution in [0.25, 0.3) is 5.69 Å². The summed E-state index contributed by atoms with van der Waals surface area (Å²) in [6, 6.07) is 13.9. The summed E-state index contributed by atoms with van der Waals surface area (Å²) in [6.07, 6.45) is 6.25. The van der Waals surface area contributed by atoms with Crippen LogP contribution in [-0.4, -0.2) is 30.1 Å². The molecule has 0 atom stereocenters. The summed E-state index contributed by atoms with van der Waals surface area (Å²) in [7, 11) is -3.35. The van der Waals surface area contributed by atoms with Crippen LogP contribution in [0.1, 0.15) is 10.4 Å². The number of carbonyl (C=O) groups is 1. The fourth-order valence-electron chi connectivity index (χ4n) is 2.17. The van der Waals surface area contributed by atoms with Crippen LogP contribution in [-0.2, 0) is 9.84 Å². The van der Waals surface area contributed by atoms with E-state index in [4.69, 9.17) is 0 Å². The third kappa shape index (κ3) is 3.52. The molecule has 2 heterocycles. The molecular formula is C17H15N3O3S. The second kappa shape index (κ2) is 6.29. The molecule has 0 unspecified atom stereocenters. The molecule has 2 aromatic heterocycles. The van der Waals surface area contributed by atoms with Gasteiger partial charge in [0, 0.05) is 29.9 Å². The second-order valence-corrected chi connectivity index (χ2v) is 7.21. The monoisotopic (exact) mass is 341 g/mol. The lowest BCUT2D eigenvalue weighted by atomic mass is 10.2. The van der Waals surface area contributed by atoms with Crippen LogP contribution < -0.4 is 5.32 Å². The average molecular weight is 341 g/mol. The summed E-state index contributed by atoms with van der Waals surface area (Å²) >= 11 is 0. The molecule has 0 saturated heterocycles. The van der Waals surface area contributed by atoms with E-state index >= 15 is 0 Å². The number of aromatic nitrogens is 2. The minimum atomic E-state index is -3.35. The lowest BCUT2D eigenvalue weighted by molar-refractivity contribution is 0.102. The van der Waals surface area contributed by atoms with Crippen molar-refractivity contribution in [1.29, 1.82) is 0 Å². The maximum atomic E-state index is 12.2. The van der Waals surface area contributed by atoms with Crippen LogP contribution in [0.15, 0.2) is 72.1 Å². The highest BCUT2D eigenvalue weighted by molar-refractivity contribution is 7.90. The molecule has 0 saturated carbocycles. The zero-order chi connectivity index (χ0) is 17.2. The van der Waals surface area contributed by atoms with Crippen LogP contribution >= 0.6 is 0 Å². The van der Waals surface area contributed by atoms with Crippen molar-refractivity contribution >= 4 is 21.4 Å². The van der Waals surface area contributed by atoms with E-state index in [0.29, 0.717) is 11.3 Å². The number of amides is 1. The predicted octanol–water partition coefficient (Wildman–Crippen LogP) is 2.53. The summed E-state index contributed by atoms with van der Waals surface area (Å²) in [5, 5.41) is 2.66. The van der Waals surface area contributed by atoms with Crippen molar-refractivity contribution in [2.24, 2.45) is 0 Å². The highest BCUT2D eigenvalue weighted by Gasteiger charge is 2.10. The summed E-state index contributed by atoms with van der Waals surface area (Å²) in [6.45, 7) is 0. The molecule has 6 nitrogen and oxygen atoms in total. The fraction of sp³-hybridized carbons (Fsp3) is 0.0588. The summed E-state index contributed by atoms with van der Waals surface area (Å²) in [5.74, 6) is -0.289. The number of nitrogens with zero attached hydrogens (tertiary/aromatic N) is 2. The fourth-order valence-corrected chi connectivity index (χ4v) is 2.73. The van der Waals surface area contributed by atoms with E-state index in [1.54, 1.807) is 12.1 Å². The first-order chi connectivity index (χ1) is 11.4. The Balaban J connectivity index is 1.73. The van der Waals surface area contributed by atoms with Crippen molar-refractivity contribution < 1.29 is 13.2 Å². The molecule has 1 aromatic carbocycles. The normalized spacial score (nSPS) is 11.2. The smallest absolute Gasteiger partial charge is 0.255 e. The van der Waals surface area contributed by atoms with Crippen molar-refractivity contribution in [3.8, 4) is 5.69 Å². The van der Waals surface area contributed by atoms with E-state index in [1.807, 2.05) is 41.2 Å². The Morgan fingerprint density at radius 1 is 1.04 bits per heavy atom. The molecule has 0 aliphatic carbocycles. The summed E-state index contributed by atoms with van der Waals surface area (Å²) in [4.78, 5) is 16.1. The van der Waals surface area contributed by atoms with Crippen LogP contribution in [0.3, 0.4) is 0 Å². The largest absolute Gasteiger partial charge is 0.324 e. The molecule has 3 aromatic rings. The lowest BCUT2D eigenvalue weighted by Crippen LogP contribution is -2.12. The average Bonchev–Trinajstić information content (AvgIpc) is 3.09. The van der Waals surface area contributed by atoms with Crippen molar-refractivity contribution in [2.75, 3.05) is 11.6 Å². The minimum absolute atomic E-state index is 0.0309. The number of pyridine rings is 1. The molecule has 0 aliphatic heterocycles. The topological polar surface area (TPSA) is 81.1 Å². The molecule has 1 N–H and O–H groups in total. The van der Waals surface area contributed by atoms with Gasteiger partial charge in [0.25, 0.3) is 5.91 Å². The van der Waals surface area contributed by atoms with Gasteiger partial charge in [0.1, 0.15) is 0 Å². The molecule has 0 radical (unpaired) electrons. The van der Waals surface area contributed by atoms with Gasteiger partial charge in [-0.3, -0.25) is 4.79 Å². The van der Waals surface area contributed by atoms with Crippen molar-refractivity contribution in [2.45, 2.75) is 5.03 Å². The zero-order valence-electron chi connectivity index (χ0n) is 12.9. The first-order valence-electron chi connectivity index (χ1n) is 7.14. The van der Waals surface area contributed by atoms with Gasteiger partial charge in [-0.05, 0) is 48.5 Å². The standard InChI is InChI=1S/C17H15N3O3S/c1-24(22,23)16-9-6-14(12-18-16)19-17(21)13-4-7-15(8-5-13)20-10-2-3-11-20/h2-12H,1H3,(H,19,21). The van der Waals surface area contributed by atoms with Crippen molar-refractivity contribution in [1.82, 2.24) is 9.55 Å². The predicted molar refractivity (Wildman–Crippen MR) is 91.1 cm³/mol. The zero-order valence-corrected chi connectivity index (χ0v) is 13.7. The molecule has 0 aliphatic rings. The third-order valence-corrected chi connectivity index (χ3v) is 4.41. The van der Waals surface area contributed by atoms with Gasteiger partial charge in [0.05, 0.1) is 11.9 Å². The first-order valence-corrected chi connectivity index (χ1v) is 9.03. The SMILES string of the molecule is CS(=O)(=O)c1ccc(NC(=O)c2ccc(-n3cccc3)cc2)cn1. The van der Waals surface area contributed by atoms with Gasteiger partial charge in [0.2, 0.25) is 0 Å². The molecule has 0 bridgehead atoms. The van der Waals surface area contributed by atoms with Crippen LogP contribution in [0.2, 0.25) is 0 Å². The second-order valence-electron chi connectivity index (χ2n) is 5.25. The number of rotatable bonds is 4. The quantitative estimate of drug-likeness (QED) is 0.791. The van der Waals surface area contributed by atoms with Crippen LogP contribution in [0, 0.1) is 0 Å². The maximum Gasteiger partial charge on any atom is 0.255 e. The minimum Gasteiger partial charge on any atom is -0.324 e. The molecule has 0 fully saturated rings. The van der Waals surface area contributed by atoms with E-state index in [2.05, 4.69) is 10.3 Å². The Hall–Kier alpha value is -2.93. The molecule has 24 heavy (non-hydrogen) atoms. The Morgan fingerprint density at radius 2 is 1.71 bits per heavy atom. The van der Waals surface area contributed by atoms with Crippen molar-refractivity contribution in [3.63, 3.8) is 0 Å². The molecule has 7 heteroatoms. The van der Waals surface area contributed by atoms with Gasteiger partial charge in [0.15, 0.2) is 14.9 Å². The van der Waals surface area contributed by atoms with Crippen LogP contribution in [0.4, 0.5) is 5.69 Å². The summed E-state index contributed by atoms with van der Waals surface area (Å²) in [5.41, 5.74) is 1.88. The highest BCUT2D eigenvalue weighted by Crippen LogP contribution is 2.14. The lowest BCUT2D eigenvalue weighted by Gasteiger charge is -2.07. The van der Waals surface area contributed by atoms with E-state index < -0.39 is 9.84 Å². The molecule has 3 rings (SSSR count). The van der Waals surface area contributed by atoms with E-state index in [9.17, 15) is 13.2 Å². The Bertz CT molecular complexity index is 945. The van der Waals surface area contributed by atoms with Crippen molar-refractivity contribution in [3.05, 3.63) is 72.7 Å². The maximum absolute atomic E-state index is 12.2. The number of nitrogens with one attached hydrogen (secondary N) is 1. The van der Waals surface area contributed by atoms with E-state index in [0.717, 1.165) is 11.9 Å². The Labute approximate surface area is 139 Å². The number of sulfone groups is 1. The molecular weight excluding hydrogens is 326 g/mol. The number of hydrogen-bond donors (Lipinski definition) is 1. The number of carbonyl (C=O) groups excluding carboxylic acids is 1. The van der Waals surface area contributed by atoms with Gasteiger partial charge >= 0.3 is 0 Å². The van der Waals surface area contributed by atoms with Crippen LogP contribution in [0.5, 0.6) is 0 Å². The van der Waals surface area contributed by atoms with Gasteiger partial charge in [-0.25, -0.2) is 13.4 Å². The van der Waals surface area contributed by atoms with E-state index in [-0.39, 0.29) is 10.9 Å². The summed E-state index contributed by atoms with van der Waals surface area (Å²) < 4.78 is 24.7. The van der Waals surface area contributed by atoms with Gasteiger partial charge in [-0.1, -0.05) is 0 Å². The molecule has 122 valence electrons. The van der Waals surface area contributed by atoms with E-state index in [1.165, 1.54) is 18.3 Å². The van der Waals surface area contributed by atoms with Gasteiger partial charge < -0.3 is 9.88 Å². The number of anilines is 1. The first kappa shape index (κ1) is 15.9.